The molecule has 0 atom stereocenters. The van der Waals surface area contributed by atoms with E-state index in [0.29, 0.717) is 13.1 Å². The molecule has 0 aliphatic rings. The summed E-state index contributed by atoms with van der Waals surface area (Å²) in [6, 6.07) is 19.8. The molecule has 0 bridgehead atoms. The molecule has 0 aliphatic carbocycles. The Bertz CT molecular complexity index is 1070. The van der Waals surface area contributed by atoms with E-state index in [0.717, 1.165) is 29.5 Å². The molecule has 1 aromatic heterocycles. The molecule has 3 aromatic rings. The van der Waals surface area contributed by atoms with Crippen molar-refractivity contribution in [3.05, 3.63) is 93.9 Å². The molecule has 0 fully saturated rings. The average molecular weight is 417 g/mol. The predicted octanol–water partition coefficient (Wildman–Crippen LogP) is 5.54. The summed E-state index contributed by atoms with van der Waals surface area (Å²) in [6.07, 6.45) is 3.74. The first-order valence-corrected chi connectivity index (χ1v) is 11.0. The molecule has 1 amide bonds. The molecule has 0 aliphatic heterocycles. The van der Waals surface area contributed by atoms with Gasteiger partial charge in [0.1, 0.15) is 5.56 Å². The second-order valence-corrected chi connectivity index (χ2v) is 8.99. The Labute approximate surface area is 184 Å². The van der Waals surface area contributed by atoms with E-state index in [4.69, 9.17) is 0 Å². The third-order valence-electron chi connectivity index (χ3n) is 5.46. The first-order chi connectivity index (χ1) is 14.8. The summed E-state index contributed by atoms with van der Waals surface area (Å²) in [6.45, 7) is 9.63. The molecule has 162 valence electrons. The SMILES string of the molecule is CCCCn1cc(-c2ccc(C(C)(C)C)cc2)cc(C(=O)NCc2ccccc2)c1=O. The molecule has 0 unspecified atom stereocenters. The van der Waals surface area contributed by atoms with Gasteiger partial charge in [-0.25, -0.2) is 0 Å². The highest BCUT2D eigenvalue weighted by atomic mass is 16.2. The predicted molar refractivity (Wildman–Crippen MR) is 127 cm³/mol. The van der Waals surface area contributed by atoms with Crippen LogP contribution in [-0.2, 0) is 18.5 Å². The van der Waals surface area contributed by atoms with Gasteiger partial charge < -0.3 is 9.88 Å². The number of amides is 1. The number of aryl methyl sites for hydroxylation is 1. The van der Waals surface area contributed by atoms with Crippen LogP contribution in [0.5, 0.6) is 0 Å². The Morgan fingerprint density at radius 1 is 0.968 bits per heavy atom. The highest BCUT2D eigenvalue weighted by Crippen LogP contribution is 2.26. The minimum atomic E-state index is -0.340. The van der Waals surface area contributed by atoms with Crippen molar-refractivity contribution in [2.75, 3.05) is 0 Å². The average Bonchev–Trinajstić information content (AvgIpc) is 2.77. The Kier molecular flexibility index (Phi) is 7.11. The maximum absolute atomic E-state index is 13.0. The summed E-state index contributed by atoms with van der Waals surface area (Å²) in [4.78, 5) is 25.9. The van der Waals surface area contributed by atoms with Crippen LogP contribution in [0, 0.1) is 0 Å². The second kappa shape index (κ2) is 9.78. The highest BCUT2D eigenvalue weighted by Gasteiger charge is 2.17. The number of benzene rings is 2. The lowest BCUT2D eigenvalue weighted by atomic mass is 9.86. The summed E-state index contributed by atoms with van der Waals surface area (Å²) < 4.78 is 1.67. The summed E-state index contributed by atoms with van der Waals surface area (Å²) >= 11 is 0. The molecule has 0 saturated carbocycles. The Morgan fingerprint density at radius 3 is 2.26 bits per heavy atom. The fourth-order valence-electron chi connectivity index (χ4n) is 3.49. The van der Waals surface area contributed by atoms with E-state index in [1.165, 1.54) is 5.56 Å². The van der Waals surface area contributed by atoms with Gasteiger partial charge >= 0.3 is 0 Å². The van der Waals surface area contributed by atoms with Crippen LogP contribution in [0.2, 0.25) is 0 Å². The molecule has 1 heterocycles. The number of rotatable bonds is 7. The van der Waals surface area contributed by atoms with E-state index in [1.807, 2.05) is 36.5 Å². The fourth-order valence-corrected chi connectivity index (χ4v) is 3.49. The lowest BCUT2D eigenvalue weighted by Gasteiger charge is -2.19. The smallest absolute Gasteiger partial charge is 0.263 e. The van der Waals surface area contributed by atoms with Crippen LogP contribution in [0.3, 0.4) is 0 Å². The second-order valence-electron chi connectivity index (χ2n) is 8.99. The normalized spacial score (nSPS) is 11.4. The van der Waals surface area contributed by atoms with Gasteiger partial charge in [0, 0.05) is 19.3 Å². The largest absolute Gasteiger partial charge is 0.348 e. The lowest BCUT2D eigenvalue weighted by Crippen LogP contribution is -2.33. The van der Waals surface area contributed by atoms with E-state index < -0.39 is 0 Å². The van der Waals surface area contributed by atoms with Gasteiger partial charge in [0.2, 0.25) is 0 Å². The minimum Gasteiger partial charge on any atom is -0.348 e. The Morgan fingerprint density at radius 2 is 1.65 bits per heavy atom. The molecular weight excluding hydrogens is 384 g/mol. The zero-order chi connectivity index (χ0) is 22.4. The van der Waals surface area contributed by atoms with Crippen LogP contribution >= 0.6 is 0 Å². The standard InChI is InChI=1S/C27H32N2O2/c1-5-6-16-29-19-22(21-12-14-23(15-13-21)27(2,3)4)17-24(26(29)31)25(30)28-18-20-10-8-7-9-11-20/h7-15,17,19H,5-6,16,18H2,1-4H3,(H,28,30). The van der Waals surface area contributed by atoms with Crippen LogP contribution in [0.25, 0.3) is 11.1 Å². The molecule has 0 radical (unpaired) electrons. The number of unbranched alkanes of at least 4 members (excludes halogenated alkanes) is 1. The first kappa shape index (κ1) is 22.5. The van der Waals surface area contributed by atoms with Crippen LogP contribution in [0.4, 0.5) is 0 Å². The van der Waals surface area contributed by atoms with Gasteiger partial charge in [0.15, 0.2) is 0 Å². The molecule has 3 rings (SSSR count). The number of aromatic nitrogens is 1. The van der Waals surface area contributed by atoms with E-state index in [9.17, 15) is 9.59 Å². The van der Waals surface area contributed by atoms with Crippen LogP contribution in [-0.4, -0.2) is 10.5 Å². The number of pyridine rings is 1. The number of carbonyl (C=O) groups excluding carboxylic acids is 1. The van der Waals surface area contributed by atoms with Gasteiger partial charge in [0.05, 0.1) is 0 Å². The summed E-state index contributed by atoms with van der Waals surface area (Å²) in [5, 5.41) is 2.89. The number of nitrogens with zero attached hydrogens (tertiary/aromatic N) is 1. The Balaban J connectivity index is 1.94. The van der Waals surface area contributed by atoms with Gasteiger partial charge in [0.25, 0.3) is 11.5 Å². The van der Waals surface area contributed by atoms with Crippen LogP contribution in [0.15, 0.2) is 71.7 Å². The van der Waals surface area contributed by atoms with Crippen molar-refractivity contribution in [1.82, 2.24) is 9.88 Å². The highest BCUT2D eigenvalue weighted by molar-refractivity contribution is 5.95. The Hall–Kier alpha value is -3.14. The van der Waals surface area contributed by atoms with Crippen molar-refractivity contribution < 1.29 is 4.79 Å². The molecule has 4 heteroatoms. The van der Waals surface area contributed by atoms with Crippen molar-refractivity contribution in [3.8, 4) is 11.1 Å². The quantitative estimate of drug-likeness (QED) is 0.549. The number of hydrogen-bond acceptors (Lipinski definition) is 2. The molecule has 0 saturated heterocycles. The maximum Gasteiger partial charge on any atom is 0.263 e. The molecule has 1 N–H and O–H groups in total. The molecule has 2 aromatic carbocycles. The van der Waals surface area contributed by atoms with Crippen molar-refractivity contribution in [3.63, 3.8) is 0 Å². The van der Waals surface area contributed by atoms with E-state index in [-0.39, 0.29) is 22.4 Å². The summed E-state index contributed by atoms with van der Waals surface area (Å²) in [5.74, 6) is -0.340. The first-order valence-electron chi connectivity index (χ1n) is 11.0. The number of hydrogen-bond donors (Lipinski definition) is 1. The molecular formula is C27H32N2O2. The van der Waals surface area contributed by atoms with E-state index >= 15 is 0 Å². The van der Waals surface area contributed by atoms with Gasteiger partial charge in [-0.05, 0) is 40.2 Å². The van der Waals surface area contributed by atoms with E-state index in [1.54, 1.807) is 10.6 Å². The summed E-state index contributed by atoms with van der Waals surface area (Å²) in [5.41, 5.74) is 4.13. The lowest BCUT2D eigenvalue weighted by molar-refractivity contribution is 0.0948. The minimum absolute atomic E-state index is 0.0704. The maximum atomic E-state index is 13.0. The van der Waals surface area contributed by atoms with Crippen molar-refractivity contribution in [2.45, 2.75) is 59.0 Å². The molecule has 31 heavy (non-hydrogen) atoms. The molecule has 4 nitrogen and oxygen atoms in total. The monoisotopic (exact) mass is 416 g/mol. The van der Waals surface area contributed by atoms with Gasteiger partial charge in [-0.1, -0.05) is 88.7 Å². The van der Waals surface area contributed by atoms with Crippen molar-refractivity contribution in [1.29, 1.82) is 0 Å². The topological polar surface area (TPSA) is 51.1 Å². The van der Waals surface area contributed by atoms with Crippen LogP contribution in [0.1, 0.15) is 62.0 Å². The zero-order valence-electron chi connectivity index (χ0n) is 18.9. The van der Waals surface area contributed by atoms with Gasteiger partial charge in [-0.2, -0.15) is 0 Å². The van der Waals surface area contributed by atoms with E-state index in [2.05, 4.69) is 57.3 Å². The van der Waals surface area contributed by atoms with Crippen LogP contribution < -0.4 is 10.9 Å². The van der Waals surface area contributed by atoms with Crippen molar-refractivity contribution in [2.24, 2.45) is 0 Å². The third kappa shape index (κ3) is 5.72. The van der Waals surface area contributed by atoms with Crippen molar-refractivity contribution >= 4 is 5.91 Å². The molecule has 0 spiro atoms. The summed E-state index contributed by atoms with van der Waals surface area (Å²) in [7, 11) is 0. The number of carbonyl (C=O) groups is 1. The fraction of sp³-hybridized carbons (Fsp3) is 0.333. The van der Waals surface area contributed by atoms with Gasteiger partial charge in [-0.3, -0.25) is 9.59 Å². The third-order valence-corrected chi connectivity index (χ3v) is 5.46. The van der Waals surface area contributed by atoms with Gasteiger partial charge in [-0.15, -0.1) is 0 Å². The zero-order valence-corrected chi connectivity index (χ0v) is 18.9. The number of nitrogens with one attached hydrogen (secondary N) is 1.